The molecule has 0 radical (unpaired) electrons. The molecule has 0 amide bonds. The maximum absolute atomic E-state index is 13.9. The molecule has 0 fully saturated rings. The second kappa shape index (κ2) is 6.38. The average molecular weight is 292 g/mol. The maximum atomic E-state index is 13.9. The molecule has 1 atom stereocenters. The van der Waals surface area contributed by atoms with E-state index < -0.39 is 0 Å². The Kier molecular flexibility index (Phi) is 4.79. The summed E-state index contributed by atoms with van der Waals surface area (Å²) in [6.45, 7) is 4.16. The summed E-state index contributed by atoms with van der Waals surface area (Å²) in [5, 5.41) is 0.154. The third-order valence-electron chi connectivity index (χ3n) is 3.62. The van der Waals surface area contributed by atoms with Gasteiger partial charge in [0, 0.05) is 6.04 Å². The second-order valence-electron chi connectivity index (χ2n) is 5.25. The van der Waals surface area contributed by atoms with Crippen LogP contribution in [0.3, 0.4) is 0 Å². The standard InChI is InChI=1S/C17H19ClFN/c1-11-5-3-6-12(2)15(11)10-14(20)9-13-7-4-8-16(18)17(13)19/h3-8,14H,9-10,20H2,1-2H3. The summed E-state index contributed by atoms with van der Waals surface area (Å²) in [7, 11) is 0. The number of hydrogen-bond donors (Lipinski definition) is 1. The van der Waals surface area contributed by atoms with Gasteiger partial charge in [-0.2, -0.15) is 0 Å². The molecular weight excluding hydrogens is 273 g/mol. The van der Waals surface area contributed by atoms with Crippen LogP contribution in [-0.4, -0.2) is 6.04 Å². The third-order valence-corrected chi connectivity index (χ3v) is 3.92. The van der Waals surface area contributed by atoms with Gasteiger partial charge >= 0.3 is 0 Å². The van der Waals surface area contributed by atoms with E-state index in [1.807, 2.05) is 6.07 Å². The van der Waals surface area contributed by atoms with Crippen LogP contribution < -0.4 is 5.73 Å². The van der Waals surface area contributed by atoms with Crippen LogP contribution in [0.2, 0.25) is 5.02 Å². The molecule has 2 aromatic carbocycles. The van der Waals surface area contributed by atoms with Crippen molar-refractivity contribution in [2.75, 3.05) is 0 Å². The molecular formula is C17H19ClFN. The second-order valence-corrected chi connectivity index (χ2v) is 5.66. The first kappa shape index (κ1) is 15.0. The Labute approximate surface area is 124 Å². The van der Waals surface area contributed by atoms with Gasteiger partial charge in [-0.05, 0) is 55.0 Å². The van der Waals surface area contributed by atoms with Gasteiger partial charge in [0.1, 0.15) is 5.82 Å². The summed E-state index contributed by atoms with van der Waals surface area (Å²) in [6, 6.07) is 11.1. The number of halogens is 2. The van der Waals surface area contributed by atoms with E-state index in [0.717, 1.165) is 6.42 Å². The minimum Gasteiger partial charge on any atom is -0.327 e. The molecule has 0 bridgehead atoms. The number of rotatable bonds is 4. The monoisotopic (exact) mass is 291 g/mol. The van der Waals surface area contributed by atoms with Crippen LogP contribution in [0.25, 0.3) is 0 Å². The van der Waals surface area contributed by atoms with Crippen molar-refractivity contribution >= 4 is 11.6 Å². The van der Waals surface area contributed by atoms with Crippen molar-refractivity contribution in [2.24, 2.45) is 5.73 Å². The van der Waals surface area contributed by atoms with Crippen molar-refractivity contribution < 1.29 is 4.39 Å². The number of nitrogens with two attached hydrogens (primary N) is 1. The molecule has 1 unspecified atom stereocenters. The van der Waals surface area contributed by atoms with Crippen LogP contribution in [-0.2, 0) is 12.8 Å². The Hall–Kier alpha value is -1.38. The maximum Gasteiger partial charge on any atom is 0.145 e. The highest BCUT2D eigenvalue weighted by Gasteiger charge is 2.13. The summed E-state index contributed by atoms with van der Waals surface area (Å²) < 4.78 is 13.9. The Morgan fingerprint density at radius 3 is 2.30 bits per heavy atom. The fourth-order valence-electron chi connectivity index (χ4n) is 2.49. The molecule has 0 saturated heterocycles. The first-order chi connectivity index (χ1) is 9.49. The molecule has 20 heavy (non-hydrogen) atoms. The van der Waals surface area contributed by atoms with Crippen molar-refractivity contribution in [1.29, 1.82) is 0 Å². The van der Waals surface area contributed by atoms with Gasteiger partial charge in [-0.15, -0.1) is 0 Å². The number of hydrogen-bond acceptors (Lipinski definition) is 1. The highest BCUT2D eigenvalue weighted by atomic mass is 35.5. The van der Waals surface area contributed by atoms with Gasteiger partial charge in [0.2, 0.25) is 0 Å². The predicted molar refractivity (Wildman–Crippen MR) is 82.7 cm³/mol. The van der Waals surface area contributed by atoms with E-state index in [1.54, 1.807) is 18.2 Å². The SMILES string of the molecule is Cc1cccc(C)c1CC(N)Cc1cccc(Cl)c1F. The minimum atomic E-state index is -0.355. The first-order valence-corrected chi connectivity index (χ1v) is 7.10. The van der Waals surface area contributed by atoms with E-state index in [0.29, 0.717) is 12.0 Å². The molecule has 0 aliphatic carbocycles. The van der Waals surface area contributed by atoms with E-state index >= 15 is 0 Å². The van der Waals surface area contributed by atoms with Crippen LogP contribution >= 0.6 is 11.6 Å². The predicted octanol–water partition coefficient (Wildman–Crippen LogP) is 4.21. The Bertz CT molecular complexity index is 590. The molecule has 0 saturated carbocycles. The van der Waals surface area contributed by atoms with Crippen molar-refractivity contribution in [3.05, 3.63) is 69.5 Å². The van der Waals surface area contributed by atoms with Crippen molar-refractivity contribution in [3.8, 4) is 0 Å². The zero-order valence-corrected chi connectivity index (χ0v) is 12.5. The van der Waals surface area contributed by atoms with Gasteiger partial charge < -0.3 is 5.73 Å². The van der Waals surface area contributed by atoms with E-state index in [9.17, 15) is 4.39 Å². The quantitative estimate of drug-likeness (QED) is 0.897. The topological polar surface area (TPSA) is 26.0 Å². The molecule has 0 spiro atoms. The Morgan fingerprint density at radius 1 is 1.05 bits per heavy atom. The molecule has 1 nitrogen and oxygen atoms in total. The van der Waals surface area contributed by atoms with E-state index in [2.05, 4.69) is 26.0 Å². The number of aryl methyl sites for hydroxylation is 2. The lowest BCUT2D eigenvalue weighted by Crippen LogP contribution is -2.26. The van der Waals surface area contributed by atoms with Gasteiger partial charge in [0.05, 0.1) is 5.02 Å². The van der Waals surface area contributed by atoms with E-state index in [1.165, 1.54) is 16.7 Å². The van der Waals surface area contributed by atoms with Gasteiger partial charge in [-0.3, -0.25) is 0 Å². The minimum absolute atomic E-state index is 0.122. The smallest absolute Gasteiger partial charge is 0.145 e. The molecule has 3 heteroatoms. The summed E-state index contributed by atoms with van der Waals surface area (Å²) in [4.78, 5) is 0. The van der Waals surface area contributed by atoms with Crippen LogP contribution in [0.1, 0.15) is 22.3 Å². The van der Waals surface area contributed by atoms with Crippen LogP contribution in [0.4, 0.5) is 4.39 Å². The molecule has 2 aromatic rings. The van der Waals surface area contributed by atoms with Crippen molar-refractivity contribution in [1.82, 2.24) is 0 Å². The highest BCUT2D eigenvalue weighted by Crippen LogP contribution is 2.21. The lowest BCUT2D eigenvalue weighted by atomic mass is 9.93. The van der Waals surface area contributed by atoms with Gasteiger partial charge in [0.25, 0.3) is 0 Å². The van der Waals surface area contributed by atoms with Gasteiger partial charge in [0.15, 0.2) is 0 Å². The molecule has 0 aliphatic heterocycles. The molecule has 0 aliphatic rings. The van der Waals surface area contributed by atoms with Gasteiger partial charge in [-0.25, -0.2) is 4.39 Å². The summed E-state index contributed by atoms with van der Waals surface area (Å²) in [5.74, 6) is -0.355. The zero-order chi connectivity index (χ0) is 14.7. The first-order valence-electron chi connectivity index (χ1n) is 6.72. The average Bonchev–Trinajstić information content (AvgIpc) is 2.39. The van der Waals surface area contributed by atoms with Crippen LogP contribution in [0.5, 0.6) is 0 Å². The lowest BCUT2D eigenvalue weighted by molar-refractivity contribution is 0.583. The van der Waals surface area contributed by atoms with Crippen LogP contribution in [0.15, 0.2) is 36.4 Å². The molecule has 106 valence electrons. The molecule has 2 rings (SSSR count). The van der Waals surface area contributed by atoms with E-state index in [4.69, 9.17) is 17.3 Å². The lowest BCUT2D eigenvalue weighted by Gasteiger charge is -2.16. The fraction of sp³-hybridized carbons (Fsp3) is 0.294. The summed E-state index contributed by atoms with van der Waals surface area (Å²) >= 11 is 5.79. The normalized spacial score (nSPS) is 12.4. The van der Waals surface area contributed by atoms with Crippen molar-refractivity contribution in [2.45, 2.75) is 32.7 Å². The van der Waals surface area contributed by atoms with Gasteiger partial charge in [-0.1, -0.05) is 41.9 Å². The third kappa shape index (κ3) is 3.38. The number of benzene rings is 2. The Balaban J connectivity index is 2.13. The van der Waals surface area contributed by atoms with E-state index in [-0.39, 0.29) is 16.9 Å². The van der Waals surface area contributed by atoms with Crippen LogP contribution in [0, 0.1) is 19.7 Å². The highest BCUT2D eigenvalue weighted by molar-refractivity contribution is 6.30. The molecule has 0 heterocycles. The molecule has 0 aromatic heterocycles. The van der Waals surface area contributed by atoms with Crippen molar-refractivity contribution in [3.63, 3.8) is 0 Å². The molecule has 2 N–H and O–H groups in total. The largest absolute Gasteiger partial charge is 0.327 e. The summed E-state index contributed by atoms with van der Waals surface area (Å²) in [6.07, 6.45) is 1.23. The summed E-state index contributed by atoms with van der Waals surface area (Å²) in [5.41, 5.74) is 10.5. The Morgan fingerprint density at radius 2 is 1.65 bits per heavy atom. The zero-order valence-electron chi connectivity index (χ0n) is 11.8. The fourth-order valence-corrected chi connectivity index (χ4v) is 2.69.